The van der Waals surface area contributed by atoms with Gasteiger partial charge in [0.2, 0.25) is 11.8 Å². The summed E-state index contributed by atoms with van der Waals surface area (Å²) in [6, 6.07) is 22.7. The summed E-state index contributed by atoms with van der Waals surface area (Å²) in [6.45, 7) is 12.2. The number of amides is 6. The van der Waals surface area contributed by atoms with E-state index in [1.165, 1.54) is 24.3 Å². The summed E-state index contributed by atoms with van der Waals surface area (Å²) in [5, 5.41) is 38.4. The van der Waals surface area contributed by atoms with Gasteiger partial charge < -0.3 is 60.6 Å². The highest BCUT2D eigenvalue weighted by Gasteiger charge is 2.42. The third-order valence-electron chi connectivity index (χ3n) is 18.0. The van der Waals surface area contributed by atoms with Gasteiger partial charge in [0.05, 0.1) is 83.4 Å². The fourth-order valence-corrected chi connectivity index (χ4v) is 15.6. The maximum absolute atomic E-state index is 13.4. The number of rotatable bonds is 29. The molecule has 0 aromatic heterocycles. The third kappa shape index (κ3) is 18.6. The first-order valence-corrected chi connectivity index (χ1v) is 35.8. The first-order chi connectivity index (χ1) is 45.4. The van der Waals surface area contributed by atoms with E-state index in [0.29, 0.717) is 137 Å². The van der Waals surface area contributed by atoms with E-state index in [4.69, 9.17) is 42.1 Å². The lowest BCUT2D eigenvalue weighted by atomic mass is 10.0. The molecule has 6 aliphatic rings. The van der Waals surface area contributed by atoms with Crippen molar-refractivity contribution in [2.24, 2.45) is 11.8 Å². The second-order valence-electron chi connectivity index (χ2n) is 24.2. The Balaban J connectivity index is 0.522. The number of nitrogens with zero attached hydrogens (tertiary/aromatic N) is 6. The van der Waals surface area contributed by atoms with Gasteiger partial charge in [-0.25, -0.2) is 35.9 Å². The van der Waals surface area contributed by atoms with Gasteiger partial charge in [0, 0.05) is 115 Å². The summed E-state index contributed by atoms with van der Waals surface area (Å²) in [6.07, 6.45) is 2.62. The zero-order valence-electron chi connectivity index (χ0n) is 52.3. The van der Waals surface area contributed by atoms with Gasteiger partial charge in [-0.1, -0.05) is 23.2 Å². The number of hydrogen-bond acceptors (Lipinski definition) is 20. The SMILES string of the molecule is N#Cc1cc(Cl)cc2c1C[C@H](N1CCNCC1)[C@H]2Oc1ccc(S(=O)(=O)NC(=O)C2CCN(CCOCCNC(=O)NCCCCNC(=O)NCCOCCN3CC[C@H](C(=O)NS(=O)(=O)c4ccc(O[C@H]5c6cc(Cl)cc(C#N)c6C[C@@H]5N5CCNCC5)cc4)C3)C2)cc1. The number of urea groups is 2. The number of carbonyl (C=O) groups is 4. The molecule has 4 aromatic rings. The number of likely N-dealkylation sites (tertiary alicyclic amines) is 2. The van der Waals surface area contributed by atoms with Gasteiger partial charge in [-0.2, -0.15) is 10.5 Å². The van der Waals surface area contributed by atoms with Crippen LogP contribution in [0.25, 0.3) is 0 Å². The lowest BCUT2D eigenvalue weighted by Crippen LogP contribution is -2.50. The van der Waals surface area contributed by atoms with Crippen molar-refractivity contribution in [3.05, 3.63) is 116 Å². The zero-order valence-corrected chi connectivity index (χ0v) is 55.5. The van der Waals surface area contributed by atoms with Crippen LogP contribution in [0.1, 0.15) is 71.3 Å². The second kappa shape index (κ2) is 33.2. The number of fused-ring (bicyclic) bond motifs is 2. The minimum atomic E-state index is -4.17. The summed E-state index contributed by atoms with van der Waals surface area (Å²) in [5.41, 5.74) is 4.53. The molecule has 6 amide bonds. The van der Waals surface area contributed by atoms with E-state index < -0.39 is 55.9 Å². The number of nitrogens with one attached hydrogen (secondary N) is 8. The summed E-state index contributed by atoms with van der Waals surface area (Å²) in [5.74, 6) is -1.32. The van der Waals surface area contributed by atoms with Crippen molar-refractivity contribution in [2.45, 2.75) is 72.6 Å². The third-order valence-corrected chi connectivity index (χ3v) is 21.2. The fourth-order valence-electron chi connectivity index (χ4n) is 13.1. The monoisotopic (exact) mass is 1370 g/mol. The van der Waals surface area contributed by atoms with E-state index >= 15 is 0 Å². The minimum Gasteiger partial charge on any atom is -0.484 e. The largest absolute Gasteiger partial charge is 0.484 e. The van der Waals surface area contributed by atoms with Crippen LogP contribution in [0.15, 0.2) is 82.6 Å². The Morgan fingerprint density at radius 1 is 0.532 bits per heavy atom. The van der Waals surface area contributed by atoms with Crippen LogP contribution in [0.3, 0.4) is 0 Å². The number of piperazine rings is 2. The lowest BCUT2D eigenvalue weighted by molar-refractivity contribution is -0.123. The van der Waals surface area contributed by atoms with E-state index in [-0.39, 0.29) is 60.2 Å². The molecule has 4 aliphatic heterocycles. The van der Waals surface area contributed by atoms with Crippen molar-refractivity contribution >= 4 is 67.1 Å². The van der Waals surface area contributed by atoms with Gasteiger partial charge >= 0.3 is 12.1 Å². The zero-order chi connectivity index (χ0) is 66.2. The Bertz CT molecular complexity index is 3390. The van der Waals surface area contributed by atoms with Crippen molar-refractivity contribution in [1.82, 2.24) is 60.9 Å². The molecule has 1 unspecified atom stereocenters. The highest BCUT2D eigenvalue weighted by molar-refractivity contribution is 7.90. The van der Waals surface area contributed by atoms with Crippen LogP contribution in [0, 0.1) is 34.5 Å². The highest BCUT2D eigenvalue weighted by atomic mass is 35.5. The highest BCUT2D eigenvalue weighted by Crippen LogP contribution is 2.43. The minimum absolute atomic E-state index is 0.0409. The number of sulfonamides is 2. The molecule has 4 aromatic carbocycles. The number of nitriles is 2. The Labute approximate surface area is 559 Å². The fraction of sp³-hybridized carbons (Fsp3) is 0.531. The van der Waals surface area contributed by atoms with E-state index in [1.54, 1.807) is 36.4 Å². The van der Waals surface area contributed by atoms with Crippen LogP contribution < -0.4 is 50.8 Å². The summed E-state index contributed by atoms with van der Waals surface area (Å²) < 4.78 is 82.4. The molecule has 6 atom stereocenters. The molecule has 4 fully saturated rings. The van der Waals surface area contributed by atoms with Gasteiger partial charge in [0.15, 0.2) is 0 Å². The van der Waals surface area contributed by atoms with Crippen molar-refractivity contribution in [3.8, 4) is 23.6 Å². The molecular weight excluding hydrogens is 1290 g/mol. The standard InChI is InChI=1S/C64H82Cl2N14O12S2/c65-47-33-45(39-67)53-37-57(79-23-15-69-16-24-79)59(55(53)35-47)91-49-3-7-51(8-4-49)93(85,86)75-61(81)43-11-21-77(41-43)27-31-89-29-19-73-63(83)71-13-1-2-14-72-64(84)74-20-30-90-32-28-78-22-12-44(42-78)62(82)76-94(87,88)52-9-5-50(6-10-52)92-60-56-36-48(66)34-46(40-68)54(56)38-58(60)80-25-17-70-18-26-80/h3-10,33-36,43-44,57-60,69-70H,1-2,11-32,37-38,41-42H2,(H,75,81)(H,76,82)(H2,71,73,83)(H2,72,74,84)/t43-,44?,57-,58-,59-,60-/m0/s1. The molecule has 0 bridgehead atoms. The number of unbranched alkanes of at least 4 members (excludes halogenated alkanes) is 1. The normalized spacial score (nSPS) is 21.7. The second-order valence-corrected chi connectivity index (χ2v) is 28.4. The van der Waals surface area contributed by atoms with E-state index in [2.05, 4.69) is 63.3 Å². The number of carbonyl (C=O) groups excluding carboxylic acids is 4. The van der Waals surface area contributed by atoms with Crippen LogP contribution in [0.4, 0.5) is 9.59 Å². The predicted octanol–water partition coefficient (Wildman–Crippen LogP) is 3.00. The number of hydrogen-bond donors (Lipinski definition) is 8. The number of benzene rings is 4. The predicted molar refractivity (Wildman–Crippen MR) is 349 cm³/mol. The average Bonchev–Trinajstić information content (AvgIpc) is 1.62. The van der Waals surface area contributed by atoms with Crippen molar-refractivity contribution in [2.75, 3.05) is 144 Å². The molecule has 4 saturated heterocycles. The maximum atomic E-state index is 13.4. The quantitative estimate of drug-likeness (QED) is 0.0362. The van der Waals surface area contributed by atoms with Gasteiger partial charge in [0.25, 0.3) is 20.0 Å². The Morgan fingerprint density at radius 3 is 1.30 bits per heavy atom. The smallest absolute Gasteiger partial charge is 0.314 e. The number of ether oxygens (including phenoxy) is 4. The summed E-state index contributed by atoms with van der Waals surface area (Å²) in [7, 11) is -8.34. The van der Waals surface area contributed by atoms with Crippen molar-refractivity contribution in [3.63, 3.8) is 0 Å². The molecule has 2 aliphatic carbocycles. The van der Waals surface area contributed by atoms with E-state index in [9.17, 15) is 46.5 Å². The average molecular weight is 1370 g/mol. The number of halogens is 2. The van der Waals surface area contributed by atoms with Gasteiger partial charge in [-0.15, -0.1) is 0 Å². The Kier molecular flexibility index (Phi) is 24.7. The van der Waals surface area contributed by atoms with Crippen molar-refractivity contribution in [1.29, 1.82) is 10.5 Å². The molecule has 506 valence electrons. The molecule has 10 rings (SSSR count). The summed E-state index contributed by atoms with van der Waals surface area (Å²) in [4.78, 5) is 59.6. The molecule has 0 radical (unpaired) electrons. The molecule has 26 nitrogen and oxygen atoms in total. The van der Waals surface area contributed by atoms with Crippen LogP contribution >= 0.6 is 23.2 Å². The maximum Gasteiger partial charge on any atom is 0.314 e. The van der Waals surface area contributed by atoms with Gasteiger partial charge in [0.1, 0.15) is 23.7 Å². The van der Waals surface area contributed by atoms with Gasteiger partial charge in [-0.3, -0.25) is 19.4 Å². The lowest BCUT2D eigenvalue weighted by Gasteiger charge is -2.36. The first-order valence-electron chi connectivity index (χ1n) is 32.1. The topological polar surface area (TPSA) is 330 Å². The summed E-state index contributed by atoms with van der Waals surface area (Å²) >= 11 is 12.9. The van der Waals surface area contributed by atoms with Crippen molar-refractivity contribution < 1.29 is 55.0 Å². The van der Waals surface area contributed by atoms with E-state index in [0.717, 1.165) is 74.6 Å². The molecular formula is C64H82Cl2N14O12S2. The molecule has 94 heavy (non-hydrogen) atoms. The Morgan fingerprint density at radius 2 is 0.915 bits per heavy atom. The first kappa shape index (κ1) is 69.9. The van der Waals surface area contributed by atoms with Crippen LogP contribution in [0.5, 0.6) is 11.5 Å². The Hall–Kier alpha value is -6.90. The van der Waals surface area contributed by atoms with Crippen LogP contribution in [0.2, 0.25) is 10.0 Å². The molecule has 30 heteroatoms. The van der Waals surface area contributed by atoms with Gasteiger partial charge in [-0.05, 0) is 147 Å². The molecule has 8 N–H and O–H groups in total. The van der Waals surface area contributed by atoms with E-state index in [1.807, 2.05) is 21.9 Å². The molecule has 0 saturated carbocycles. The molecule has 4 heterocycles. The van der Waals surface area contributed by atoms with Crippen LogP contribution in [-0.4, -0.2) is 217 Å². The molecule has 0 spiro atoms. The van der Waals surface area contributed by atoms with Crippen LogP contribution in [-0.2, 0) is 52.0 Å².